The highest BCUT2D eigenvalue weighted by molar-refractivity contribution is 6.05. The van der Waals surface area contributed by atoms with Crippen LogP contribution in [0.1, 0.15) is 29.3 Å². The number of ketones is 1. The molecule has 9 heteroatoms. The largest absolute Gasteiger partial charge is 0.416 e. The number of amides is 2. The Morgan fingerprint density at radius 1 is 1.06 bits per heavy atom. The van der Waals surface area contributed by atoms with Crippen LogP contribution in [0.5, 0.6) is 0 Å². The van der Waals surface area contributed by atoms with Crippen LogP contribution in [0.15, 0.2) is 60.7 Å². The molecule has 174 valence electrons. The highest BCUT2D eigenvalue weighted by atomic mass is 19.4. The number of nitrogens with zero attached hydrogens (tertiary/aromatic N) is 3. The van der Waals surface area contributed by atoms with E-state index in [0.717, 1.165) is 30.8 Å². The van der Waals surface area contributed by atoms with Crippen LogP contribution < -0.4 is 15.1 Å². The highest BCUT2D eigenvalue weighted by Crippen LogP contribution is 2.41. The zero-order valence-electron chi connectivity index (χ0n) is 18.3. The topological polar surface area (TPSA) is 65.5 Å². The normalized spacial score (nSPS) is 16.9. The molecule has 0 aliphatic carbocycles. The fraction of sp³-hybridized carbons (Fsp3) is 0.240. The number of aromatic nitrogens is 1. The van der Waals surface area contributed by atoms with Crippen LogP contribution in [-0.2, 0) is 6.18 Å². The van der Waals surface area contributed by atoms with Crippen molar-refractivity contribution in [2.45, 2.75) is 25.6 Å². The van der Waals surface area contributed by atoms with Gasteiger partial charge in [0.25, 0.3) is 0 Å². The quantitative estimate of drug-likeness (QED) is 0.511. The van der Waals surface area contributed by atoms with Crippen LogP contribution in [0.25, 0.3) is 11.3 Å². The molecule has 3 heterocycles. The number of Topliss-reactive ketones (excluding diaryl/α,β-unsaturated/α-hetero) is 1. The number of hydrogen-bond acceptors (Lipinski definition) is 4. The van der Waals surface area contributed by atoms with Gasteiger partial charge >= 0.3 is 12.2 Å². The molecule has 5 rings (SSSR count). The smallest absolute Gasteiger partial charge is 0.366 e. The first-order valence-corrected chi connectivity index (χ1v) is 10.9. The number of alkyl halides is 3. The number of nitrogens with one attached hydrogen (secondary N) is 1. The van der Waals surface area contributed by atoms with E-state index in [1.165, 1.54) is 13.0 Å². The van der Waals surface area contributed by atoms with Gasteiger partial charge in [-0.25, -0.2) is 9.78 Å². The van der Waals surface area contributed by atoms with E-state index in [4.69, 9.17) is 0 Å². The van der Waals surface area contributed by atoms with Gasteiger partial charge < -0.3 is 10.2 Å². The molecule has 1 saturated heterocycles. The van der Waals surface area contributed by atoms with E-state index < -0.39 is 11.7 Å². The Bertz CT molecular complexity index is 1270. The molecule has 1 N–H and O–H groups in total. The minimum atomic E-state index is -4.46. The van der Waals surface area contributed by atoms with Crippen LogP contribution in [0.4, 0.5) is 35.2 Å². The number of urea groups is 1. The van der Waals surface area contributed by atoms with Crippen molar-refractivity contribution in [2.24, 2.45) is 0 Å². The summed E-state index contributed by atoms with van der Waals surface area (Å²) in [6.07, 6.45) is -3.70. The van der Waals surface area contributed by atoms with Crippen molar-refractivity contribution in [3.05, 3.63) is 71.8 Å². The van der Waals surface area contributed by atoms with Crippen molar-refractivity contribution in [3.63, 3.8) is 0 Å². The number of rotatable bonds is 3. The Morgan fingerprint density at radius 3 is 2.53 bits per heavy atom. The van der Waals surface area contributed by atoms with Gasteiger partial charge in [0.05, 0.1) is 23.0 Å². The van der Waals surface area contributed by atoms with Crippen molar-refractivity contribution in [3.8, 4) is 11.3 Å². The lowest BCUT2D eigenvalue weighted by molar-refractivity contribution is -0.137. The molecule has 0 radical (unpaired) electrons. The lowest BCUT2D eigenvalue weighted by atomic mass is 10.1. The van der Waals surface area contributed by atoms with Crippen molar-refractivity contribution >= 4 is 29.0 Å². The van der Waals surface area contributed by atoms with Gasteiger partial charge in [-0.2, -0.15) is 13.2 Å². The Kier molecular flexibility index (Phi) is 5.27. The van der Waals surface area contributed by atoms with Gasteiger partial charge in [-0.3, -0.25) is 9.69 Å². The number of pyridine rings is 1. The summed E-state index contributed by atoms with van der Waals surface area (Å²) in [6.45, 7) is 2.89. The highest BCUT2D eigenvalue weighted by Gasteiger charge is 2.40. The Morgan fingerprint density at radius 2 is 1.82 bits per heavy atom. The molecule has 0 unspecified atom stereocenters. The summed E-state index contributed by atoms with van der Waals surface area (Å²) in [7, 11) is 0. The summed E-state index contributed by atoms with van der Waals surface area (Å²) in [4.78, 5) is 33.2. The number of benzene rings is 2. The first kappa shape index (κ1) is 21.9. The molecule has 0 spiro atoms. The number of halogens is 3. The van der Waals surface area contributed by atoms with E-state index in [-0.39, 0.29) is 17.9 Å². The zero-order valence-corrected chi connectivity index (χ0v) is 18.3. The molecule has 2 aromatic carbocycles. The van der Waals surface area contributed by atoms with E-state index in [1.54, 1.807) is 47.4 Å². The fourth-order valence-corrected chi connectivity index (χ4v) is 4.46. The van der Waals surface area contributed by atoms with Gasteiger partial charge in [-0.15, -0.1) is 0 Å². The van der Waals surface area contributed by atoms with Crippen LogP contribution >= 0.6 is 0 Å². The summed E-state index contributed by atoms with van der Waals surface area (Å²) in [5, 5.41) is 2.86. The van der Waals surface area contributed by atoms with Gasteiger partial charge in [0, 0.05) is 29.9 Å². The second-order valence-electron chi connectivity index (χ2n) is 8.44. The molecule has 2 aliphatic heterocycles. The summed E-state index contributed by atoms with van der Waals surface area (Å²) < 4.78 is 39.6. The zero-order chi connectivity index (χ0) is 24.0. The molecule has 1 fully saturated rings. The first-order valence-electron chi connectivity index (χ1n) is 10.9. The minimum absolute atomic E-state index is 0.0693. The minimum Gasteiger partial charge on any atom is -0.366 e. The molecule has 0 saturated carbocycles. The standard InChI is InChI=1S/C25H21F3N4O2/c1-15(33)16-5-7-19(8-6-16)29-24(34)32-20-11-12-31(14-20)22-10-9-21(30-23(22)32)17-3-2-4-18(13-17)25(26,27)28/h2-10,13,20H,11-12,14H2,1H3,(H,29,34)/t20-/m0/s1. The predicted molar refractivity (Wildman–Crippen MR) is 123 cm³/mol. The number of anilines is 3. The van der Waals surface area contributed by atoms with Gasteiger partial charge in [0.1, 0.15) is 0 Å². The Balaban J connectivity index is 1.49. The van der Waals surface area contributed by atoms with Gasteiger partial charge in [-0.05, 0) is 61.9 Å². The molecule has 2 aliphatic rings. The maximum atomic E-state index is 13.3. The average molecular weight is 466 g/mol. The second kappa shape index (κ2) is 8.16. The van der Waals surface area contributed by atoms with Crippen LogP contribution in [0, 0.1) is 0 Å². The molecular weight excluding hydrogens is 445 g/mol. The number of fused-ring (bicyclic) bond motifs is 4. The Labute approximate surface area is 194 Å². The van der Waals surface area contributed by atoms with E-state index >= 15 is 0 Å². The van der Waals surface area contributed by atoms with Crippen molar-refractivity contribution in [1.82, 2.24) is 4.98 Å². The molecule has 34 heavy (non-hydrogen) atoms. The molecule has 2 amide bonds. The molecule has 6 nitrogen and oxygen atoms in total. The number of carbonyl (C=O) groups is 2. The van der Waals surface area contributed by atoms with Gasteiger partial charge in [0.15, 0.2) is 11.6 Å². The lowest BCUT2D eigenvalue weighted by Gasteiger charge is -2.36. The summed E-state index contributed by atoms with van der Waals surface area (Å²) >= 11 is 0. The van der Waals surface area contributed by atoms with Crippen LogP contribution in [0.2, 0.25) is 0 Å². The molecular formula is C25H21F3N4O2. The summed E-state index contributed by atoms with van der Waals surface area (Å²) in [5.74, 6) is 0.349. The number of hydrogen-bond donors (Lipinski definition) is 1. The van der Waals surface area contributed by atoms with Crippen LogP contribution in [-0.4, -0.2) is 35.9 Å². The molecule has 1 atom stereocenters. The number of carbonyl (C=O) groups excluding carboxylic acids is 2. The maximum Gasteiger partial charge on any atom is 0.416 e. The SMILES string of the molecule is CC(=O)c1ccc(NC(=O)N2c3nc(-c4cccc(C(F)(F)F)c4)ccc3N3CC[C@H]2C3)cc1. The average Bonchev–Trinajstić information content (AvgIpc) is 3.23. The third kappa shape index (κ3) is 3.98. The molecule has 3 aromatic rings. The first-order chi connectivity index (χ1) is 16.2. The van der Waals surface area contributed by atoms with E-state index in [9.17, 15) is 22.8 Å². The fourth-order valence-electron chi connectivity index (χ4n) is 4.46. The third-order valence-corrected chi connectivity index (χ3v) is 6.20. The van der Waals surface area contributed by atoms with Gasteiger partial charge in [0.2, 0.25) is 0 Å². The Hall–Kier alpha value is -3.88. The third-order valence-electron chi connectivity index (χ3n) is 6.20. The van der Waals surface area contributed by atoms with Crippen molar-refractivity contribution in [2.75, 3.05) is 28.2 Å². The van der Waals surface area contributed by atoms with E-state index in [0.29, 0.717) is 34.9 Å². The monoisotopic (exact) mass is 466 g/mol. The lowest BCUT2D eigenvalue weighted by Crippen LogP contribution is -2.48. The maximum absolute atomic E-state index is 13.3. The van der Waals surface area contributed by atoms with Crippen LogP contribution in [0.3, 0.4) is 0 Å². The van der Waals surface area contributed by atoms with Crippen molar-refractivity contribution in [1.29, 1.82) is 0 Å². The molecule has 2 bridgehead atoms. The molecule has 1 aromatic heterocycles. The predicted octanol–water partition coefficient (Wildman–Crippen LogP) is 5.60. The second-order valence-corrected chi connectivity index (χ2v) is 8.44. The summed E-state index contributed by atoms with van der Waals surface area (Å²) in [5.41, 5.74) is 1.77. The van der Waals surface area contributed by atoms with E-state index in [2.05, 4.69) is 15.2 Å². The van der Waals surface area contributed by atoms with E-state index in [1.807, 2.05) is 0 Å². The van der Waals surface area contributed by atoms with Gasteiger partial charge in [-0.1, -0.05) is 12.1 Å². The summed E-state index contributed by atoms with van der Waals surface area (Å²) in [6, 6.07) is 14.6. The van der Waals surface area contributed by atoms with Crippen molar-refractivity contribution < 1.29 is 22.8 Å².